The molecule has 2 nitrogen and oxygen atoms in total. The second-order valence-corrected chi connectivity index (χ2v) is 3.36. The van der Waals surface area contributed by atoms with Crippen molar-refractivity contribution in [3.63, 3.8) is 0 Å². The molecule has 15 heavy (non-hydrogen) atoms. The van der Waals surface area contributed by atoms with Gasteiger partial charge in [-0.15, -0.1) is 0 Å². The smallest absolute Gasteiger partial charge is 0.0708 e. The van der Waals surface area contributed by atoms with Gasteiger partial charge in [0, 0.05) is 23.1 Å². The highest BCUT2D eigenvalue weighted by Crippen LogP contribution is 2.22. The first kappa shape index (κ1) is 9.62. The summed E-state index contributed by atoms with van der Waals surface area (Å²) in [6, 6.07) is 16.6. The number of fused-ring (bicyclic) bond motifs is 3. The van der Waals surface area contributed by atoms with E-state index in [1.165, 1.54) is 16.2 Å². The molecule has 0 N–H and O–H groups in total. The average Bonchev–Trinajstić information content (AvgIpc) is 2.29. The molecule has 0 saturated heterocycles. The molecule has 2 aromatic carbocycles. The number of hydrogen-bond donors (Lipinski definition) is 0. The summed E-state index contributed by atoms with van der Waals surface area (Å²) in [5.74, 6) is 0. The number of pyridine rings is 1. The van der Waals surface area contributed by atoms with Crippen molar-refractivity contribution in [1.29, 1.82) is 0 Å². The van der Waals surface area contributed by atoms with Crippen molar-refractivity contribution in [2.75, 3.05) is 0 Å². The van der Waals surface area contributed by atoms with E-state index in [4.69, 9.17) is 0 Å². The number of para-hydroxylation sites is 1. The van der Waals surface area contributed by atoms with Gasteiger partial charge in [0.15, 0.2) is 0 Å². The lowest BCUT2D eigenvalue weighted by atomic mass is 10.1. The Balaban J connectivity index is 0.000000853. The lowest BCUT2D eigenvalue weighted by molar-refractivity contribution is 1.44. The second kappa shape index (κ2) is 3.67. The Hall–Kier alpha value is -1.93. The molecule has 3 radical (unpaired) electrons. The lowest BCUT2D eigenvalue weighted by Gasteiger charge is -2.01. The second-order valence-electron chi connectivity index (χ2n) is 3.36. The van der Waals surface area contributed by atoms with Crippen LogP contribution in [-0.2, 0) is 0 Å². The molecule has 1 heterocycles. The first-order valence-electron chi connectivity index (χ1n) is 4.68. The van der Waals surface area contributed by atoms with Crippen LogP contribution < -0.4 is 6.15 Å². The zero-order valence-electron chi connectivity index (χ0n) is 8.09. The van der Waals surface area contributed by atoms with E-state index in [1.807, 2.05) is 24.4 Å². The molecule has 0 unspecified atom stereocenters. The van der Waals surface area contributed by atoms with Gasteiger partial charge >= 0.3 is 0 Å². The third kappa shape index (κ3) is 1.45. The van der Waals surface area contributed by atoms with Crippen LogP contribution in [0.25, 0.3) is 21.7 Å². The van der Waals surface area contributed by atoms with Crippen molar-refractivity contribution in [3.8, 4) is 0 Å². The molecule has 0 fully saturated rings. The SMILES string of the molecule is [N].c1ccc2c(c1)cnc1ccccc12. The first-order valence-corrected chi connectivity index (χ1v) is 4.68. The van der Waals surface area contributed by atoms with Gasteiger partial charge in [0.05, 0.1) is 5.52 Å². The van der Waals surface area contributed by atoms with Crippen molar-refractivity contribution in [1.82, 2.24) is 11.1 Å². The molecule has 2 heteroatoms. The van der Waals surface area contributed by atoms with Crippen molar-refractivity contribution in [2.45, 2.75) is 0 Å². The van der Waals surface area contributed by atoms with Crippen molar-refractivity contribution < 1.29 is 0 Å². The Morgan fingerprint density at radius 3 is 2.27 bits per heavy atom. The van der Waals surface area contributed by atoms with E-state index in [0.29, 0.717) is 0 Å². The molecule has 1 aromatic heterocycles. The Morgan fingerprint density at radius 1 is 0.733 bits per heavy atom. The van der Waals surface area contributed by atoms with Gasteiger partial charge in [0.1, 0.15) is 0 Å². The molecule has 0 aliphatic carbocycles. The molecule has 0 aliphatic rings. The van der Waals surface area contributed by atoms with Crippen LogP contribution >= 0.6 is 0 Å². The standard InChI is InChI=1S/C13H9N.N/c1-2-6-11-10(5-1)9-14-13-8-4-3-7-12(11)13;/h1-9H;. The van der Waals surface area contributed by atoms with Crippen LogP contribution in [0.2, 0.25) is 0 Å². The van der Waals surface area contributed by atoms with Gasteiger partial charge in [-0.1, -0.05) is 42.5 Å². The third-order valence-corrected chi connectivity index (χ3v) is 2.50. The highest BCUT2D eigenvalue weighted by atomic mass is 14.6. The number of benzene rings is 2. The molecular formula is C13H9N2. The van der Waals surface area contributed by atoms with Crippen LogP contribution in [0.5, 0.6) is 0 Å². The lowest BCUT2D eigenvalue weighted by Crippen LogP contribution is -1.80. The summed E-state index contributed by atoms with van der Waals surface area (Å²) in [4.78, 5) is 4.41. The number of nitrogens with zero attached hydrogens (tertiary/aromatic N) is 2. The van der Waals surface area contributed by atoms with Crippen LogP contribution in [-0.4, -0.2) is 4.98 Å². The molecule has 3 aromatic rings. The summed E-state index contributed by atoms with van der Waals surface area (Å²) in [6.07, 6.45) is 1.93. The van der Waals surface area contributed by atoms with Gasteiger partial charge in [-0.25, -0.2) is 0 Å². The maximum absolute atomic E-state index is 4.41. The molecular weight excluding hydrogens is 184 g/mol. The van der Waals surface area contributed by atoms with Gasteiger partial charge in [0.2, 0.25) is 0 Å². The van der Waals surface area contributed by atoms with E-state index >= 15 is 0 Å². The molecule has 0 amide bonds. The van der Waals surface area contributed by atoms with Gasteiger partial charge in [-0.05, 0) is 11.5 Å². The third-order valence-electron chi connectivity index (χ3n) is 2.50. The van der Waals surface area contributed by atoms with Crippen molar-refractivity contribution in [3.05, 3.63) is 54.7 Å². The number of hydrogen-bond acceptors (Lipinski definition) is 1. The minimum atomic E-state index is 0. The van der Waals surface area contributed by atoms with E-state index in [0.717, 1.165) is 5.52 Å². The van der Waals surface area contributed by atoms with Crippen LogP contribution in [0.15, 0.2) is 54.7 Å². The Morgan fingerprint density at radius 2 is 1.40 bits per heavy atom. The average molecular weight is 193 g/mol. The summed E-state index contributed by atoms with van der Waals surface area (Å²) >= 11 is 0. The van der Waals surface area contributed by atoms with E-state index in [2.05, 4.69) is 35.3 Å². The Labute approximate surface area is 88.2 Å². The van der Waals surface area contributed by atoms with Crippen LogP contribution in [0, 0.1) is 0 Å². The quantitative estimate of drug-likeness (QED) is 0.506. The predicted molar refractivity (Wildman–Crippen MR) is 61.4 cm³/mol. The number of rotatable bonds is 0. The van der Waals surface area contributed by atoms with E-state index < -0.39 is 0 Å². The van der Waals surface area contributed by atoms with Crippen LogP contribution in [0.3, 0.4) is 0 Å². The first-order chi connectivity index (χ1) is 6.95. The zero-order valence-corrected chi connectivity index (χ0v) is 8.09. The highest BCUT2D eigenvalue weighted by molar-refractivity contribution is 6.05. The minimum Gasteiger partial charge on any atom is -0.256 e. The summed E-state index contributed by atoms with van der Waals surface area (Å²) in [5.41, 5.74) is 1.06. The van der Waals surface area contributed by atoms with Gasteiger partial charge in [-0.3, -0.25) is 4.98 Å². The van der Waals surface area contributed by atoms with Crippen molar-refractivity contribution >= 4 is 21.7 Å². The summed E-state index contributed by atoms with van der Waals surface area (Å²) in [5, 5.41) is 3.70. The summed E-state index contributed by atoms with van der Waals surface area (Å²) < 4.78 is 0. The van der Waals surface area contributed by atoms with Gasteiger partial charge in [0.25, 0.3) is 0 Å². The van der Waals surface area contributed by atoms with Crippen molar-refractivity contribution in [2.24, 2.45) is 0 Å². The molecule has 0 atom stereocenters. The monoisotopic (exact) mass is 193 g/mol. The molecule has 0 bridgehead atoms. The van der Waals surface area contributed by atoms with Crippen LogP contribution in [0.4, 0.5) is 0 Å². The fraction of sp³-hybridized carbons (Fsp3) is 0. The summed E-state index contributed by atoms with van der Waals surface area (Å²) in [7, 11) is 0. The Kier molecular flexibility index (Phi) is 2.35. The highest BCUT2D eigenvalue weighted by Gasteiger charge is 1.98. The molecule has 3 rings (SSSR count). The fourth-order valence-electron chi connectivity index (χ4n) is 1.81. The van der Waals surface area contributed by atoms with Gasteiger partial charge < -0.3 is 0 Å². The maximum atomic E-state index is 4.41. The predicted octanol–water partition coefficient (Wildman–Crippen LogP) is 2.91. The van der Waals surface area contributed by atoms with E-state index in [1.54, 1.807) is 0 Å². The van der Waals surface area contributed by atoms with E-state index in [-0.39, 0.29) is 6.15 Å². The zero-order chi connectivity index (χ0) is 9.38. The molecule has 0 spiro atoms. The van der Waals surface area contributed by atoms with Crippen LogP contribution in [0.1, 0.15) is 0 Å². The molecule has 0 aliphatic heterocycles. The van der Waals surface area contributed by atoms with Gasteiger partial charge in [-0.2, -0.15) is 0 Å². The maximum Gasteiger partial charge on any atom is 0.0708 e. The number of aromatic nitrogens is 1. The topological polar surface area (TPSA) is 43.4 Å². The molecule has 0 saturated carbocycles. The van der Waals surface area contributed by atoms with E-state index in [9.17, 15) is 0 Å². The molecule has 71 valence electrons. The fourth-order valence-corrected chi connectivity index (χ4v) is 1.81. The summed E-state index contributed by atoms with van der Waals surface area (Å²) in [6.45, 7) is 0. The largest absolute Gasteiger partial charge is 0.256 e. The Bertz CT molecular complexity index is 548. The normalized spacial score (nSPS) is 10.1. The minimum absolute atomic E-state index is 0.